The summed E-state index contributed by atoms with van der Waals surface area (Å²) in [6, 6.07) is 16.2. The van der Waals surface area contributed by atoms with E-state index in [1.165, 1.54) is 11.3 Å². The van der Waals surface area contributed by atoms with Crippen LogP contribution in [0.4, 0.5) is 5.69 Å². The van der Waals surface area contributed by atoms with Crippen LogP contribution < -0.4 is 10.2 Å². The van der Waals surface area contributed by atoms with Gasteiger partial charge in [-0.3, -0.25) is 4.79 Å². The van der Waals surface area contributed by atoms with Gasteiger partial charge in [-0.15, -0.1) is 0 Å². The highest BCUT2D eigenvalue weighted by Crippen LogP contribution is 2.17. The fourth-order valence-corrected chi connectivity index (χ4v) is 3.39. The summed E-state index contributed by atoms with van der Waals surface area (Å²) in [6.45, 7) is 5.03. The van der Waals surface area contributed by atoms with Gasteiger partial charge in [0, 0.05) is 48.4 Å². The summed E-state index contributed by atoms with van der Waals surface area (Å²) in [7, 11) is 2.17. The first kappa shape index (κ1) is 18.0. The number of hydrogen-bond donors (Lipinski definition) is 1. The Kier molecular flexibility index (Phi) is 6.10. The predicted octanol–water partition coefficient (Wildman–Crippen LogP) is 3.17. The first-order valence-electron chi connectivity index (χ1n) is 8.68. The lowest BCUT2D eigenvalue weighted by Gasteiger charge is -2.34. The molecule has 3 rings (SSSR count). The lowest BCUT2D eigenvalue weighted by Crippen LogP contribution is -2.44. The molecular formula is C20H24BrN3O. The number of hydrogen-bond acceptors (Lipinski definition) is 3. The standard InChI is InChI=1S/C20H24BrN3O/c1-23-11-13-24(14-12-23)19-7-5-16(6-8-19)9-10-22-20(25)17-3-2-4-18(21)15-17/h2-8,15H,9-14H2,1H3,(H,22,25). The SMILES string of the molecule is CN1CCN(c2ccc(CCNC(=O)c3cccc(Br)c3)cc2)CC1. The first-order chi connectivity index (χ1) is 12.1. The molecule has 1 N–H and O–H groups in total. The third-order valence-corrected chi connectivity index (χ3v) is 5.08. The van der Waals surface area contributed by atoms with Gasteiger partial charge in [-0.2, -0.15) is 0 Å². The molecule has 2 aromatic rings. The Morgan fingerprint density at radius 1 is 1.08 bits per heavy atom. The van der Waals surface area contributed by atoms with Crippen LogP contribution in [0.5, 0.6) is 0 Å². The van der Waals surface area contributed by atoms with Crippen molar-refractivity contribution in [1.82, 2.24) is 10.2 Å². The molecule has 1 aliphatic heterocycles. The maximum Gasteiger partial charge on any atom is 0.251 e. The Labute approximate surface area is 158 Å². The monoisotopic (exact) mass is 401 g/mol. The van der Waals surface area contributed by atoms with Gasteiger partial charge in [-0.05, 0) is 49.4 Å². The van der Waals surface area contributed by atoms with E-state index >= 15 is 0 Å². The van der Waals surface area contributed by atoms with E-state index in [2.05, 4.69) is 62.4 Å². The number of carbonyl (C=O) groups is 1. The Morgan fingerprint density at radius 3 is 2.48 bits per heavy atom. The van der Waals surface area contributed by atoms with Crippen LogP contribution in [0.1, 0.15) is 15.9 Å². The zero-order valence-corrected chi connectivity index (χ0v) is 16.1. The second kappa shape index (κ2) is 8.50. The smallest absolute Gasteiger partial charge is 0.251 e. The molecule has 0 saturated carbocycles. The number of nitrogens with zero attached hydrogens (tertiary/aromatic N) is 2. The van der Waals surface area contributed by atoms with E-state index in [0.29, 0.717) is 12.1 Å². The van der Waals surface area contributed by atoms with Crippen LogP contribution >= 0.6 is 15.9 Å². The molecular weight excluding hydrogens is 378 g/mol. The Bertz CT molecular complexity index is 709. The second-order valence-corrected chi connectivity index (χ2v) is 7.39. The zero-order valence-electron chi connectivity index (χ0n) is 14.5. The molecule has 0 atom stereocenters. The van der Waals surface area contributed by atoms with Crippen molar-refractivity contribution in [1.29, 1.82) is 0 Å². The summed E-state index contributed by atoms with van der Waals surface area (Å²) >= 11 is 3.39. The van der Waals surface area contributed by atoms with Gasteiger partial charge in [0.2, 0.25) is 0 Å². The molecule has 2 aromatic carbocycles. The summed E-state index contributed by atoms with van der Waals surface area (Å²) in [6.07, 6.45) is 0.836. The molecule has 4 nitrogen and oxygen atoms in total. The van der Waals surface area contributed by atoms with Gasteiger partial charge in [-0.25, -0.2) is 0 Å². The van der Waals surface area contributed by atoms with Crippen LogP contribution in [-0.2, 0) is 6.42 Å². The van der Waals surface area contributed by atoms with Gasteiger partial charge in [-0.1, -0.05) is 34.1 Å². The number of nitrogens with one attached hydrogen (secondary N) is 1. The van der Waals surface area contributed by atoms with Gasteiger partial charge in [0.05, 0.1) is 0 Å². The average molecular weight is 402 g/mol. The van der Waals surface area contributed by atoms with E-state index in [1.54, 1.807) is 0 Å². The molecule has 0 spiro atoms. The highest BCUT2D eigenvalue weighted by molar-refractivity contribution is 9.10. The lowest BCUT2D eigenvalue weighted by molar-refractivity contribution is 0.0954. The third-order valence-electron chi connectivity index (χ3n) is 4.59. The summed E-state index contributed by atoms with van der Waals surface area (Å²) in [4.78, 5) is 16.9. The molecule has 1 saturated heterocycles. The molecule has 0 bridgehead atoms. The van der Waals surface area contributed by atoms with Crippen molar-refractivity contribution in [3.05, 3.63) is 64.1 Å². The van der Waals surface area contributed by atoms with Crippen molar-refractivity contribution in [2.45, 2.75) is 6.42 Å². The fraction of sp³-hybridized carbons (Fsp3) is 0.350. The van der Waals surface area contributed by atoms with E-state index in [1.807, 2.05) is 24.3 Å². The molecule has 0 unspecified atom stereocenters. The van der Waals surface area contributed by atoms with Crippen molar-refractivity contribution in [2.24, 2.45) is 0 Å². The van der Waals surface area contributed by atoms with Crippen LogP contribution in [0.3, 0.4) is 0 Å². The van der Waals surface area contributed by atoms with Gasteiger partial charge >= 0.3 is 0 Å². The molecule has 1 heterocycles. The number of likely N-dealkylation sites (N-methyl/N-ethyl adjacent to an activating group) is 1. The van der Waals surface area contributed by atoms with E-state index in [9.17, 15) is 4.79 Å². The maximum atomic E-state index is 12.1. The number of piperazine rings is 1. The first-order valence-corrected chi connectivity index (χ1v) is 9.47. The van der Waals surface area contributed by atoms with Crippen molar-refractivity contribution in [3.8, 4) is 0 Å². The summed E-state index contributed by atoms with van der Waals surface area (Å²) in [5.74, 6) is -0.0321. The molecule has 5 heteroatoms. The molecule has 0 aliphatic carbocycles. The van der Waals surface area contributed by atoms with Crippen molar-refractivity contribution in [2.75, 3.05) is 44.7 Å². The van der Waals surface area contributed by atoms with Crippen LogP contribution in [0, 0.1) is 0 Å². The van der Waals surface area contributed by atoms with E-state index in [-0.39, 0.29) is 5.91 Å². The van der Waals surface area contributed by atoms with Crippen molar-refractivity contribution < 1.29 is 4.79 Å². The number of rotatable bonds is 5. The summed E-state index contributed by atoms with van der Waals surface area (Å²) < 4.78 is 0.916. The lowest BCUT2D eigenvalue weighted by atomic mass is 10.1. The number of amides is 1. The van der Waals surface area contributed by atoms with E-state index in [0.717, 1.165) is 37.1 Å². The minimum Gasteiger partial charge on any atom is -0.369 e. The van der Waals surface area contributed by atoms with E-state index in [4.69, 9.17) is 0 Å². The normalized spacial score (nSPS) is 15.2. The predicted molar refractivity (Wildman–Crippen MR) is 106 cm³/mol. The number of carbonyl (C=O) groups excluding carboxylic acids is 1. The number of anilines is 1. The maximum absolute atomic E-state index is 12.1. The summed E-state index contributed by atoms with van der Waals surface area (Å²) in [5, 5.41) is 2.98. The average Bonchev–Trinajstić information content (AvgIpc) is 2.63. The number of halogens is 1. The zero-order chi connectivity index (χ0) is 17.6. The molecule has 0 aromatic heterocycles. The van der Waals surface area contributed by atoms with Crippen LogP contribution in [0.15, 0.2) is 53.0 Å². The second-order valence-electron chi connectivity index (χ2n) is 6.47. The highest BCUT2D eigenvalue weighted by atomic mass is 79.9. The summed E-state index contributed by atoms with van der Waals surface area (Å²) in [5.41, 5.74) is 3.21. The molecule has 1 amide bonds. The third kappa shape index (κ3) is 5.06. The Balaban J connectivity index is 1.48. The Hall–Kier alpha value is -1.85. The quantitative estimate of drug-likeness (QED) is 0.835. The molecule has 0 radical (unpaired) electrons. The van der Waals surface area contributed by atoms with E-state index < -0.39 is 0 Å². The number of benzene rings is 2. The van der Waals surface area contributed by atoms with Gasteiger partial charge in [0.1, 0.15) is 0 Å². The van der Waals surface area contributed by atoms with Crippen LogP contribution in [0.25, 0.3) is 0 Å². The van der Waals surface area contributed by atoms with Gasteiger partial charge < -0.3 is 15.1 Å². The molecule has 1 aliphatic rings. The van der Waals surface area contributed by atoms with Gasteiger partial charge in [0.15, 0.2) is 0 Å². The van der Waals surface area contributed by atoms with Crippen molar-refractivity contribution in [3.63, 3.8) is 0 Å². The fourth-order valence-electron chi connectivity index (χ4n) is 2.99. The molecule has 132 valence electrons. The molecule has 25 heavy (non-hydrogen) atoms. The minimum absolute atomic E-state index is 0.0321. The minimum atomic E-state index is -0.0321. The van der Waals surface area contributed by atoms with Gasteiger partial charge in [0.25, 0.3) is 5.91 Å². The van der Waals surface area contributed by atoms with Crippen LogP contribution in [-0.4, -0.2) is 50.6 Å². The highest BCUT2D eigenvalue weighted by Gasteiger charge is 2.13. The largest absolute Gasteiger partial charge is 0.369 e. The van der Waals surface area contributed by atoms with Crippen molar-refractivity contribution >= 4 is 27.5 Å². The topological polar surface area (TPSA) is 35.6 Å². The van der Waals surface area contributed by atoms with Crippen LogP contribution in [0.2, 0.25) is 0 Å². The Morgan fingerprint density at radius 2 is 1.80 bits per heavy atom. The molecule has 1 fully saturated rings.